The van der Waals surface area contributed by atoms with Gasteiger partial charge in [0.1, 0.15) is 12.4 Å². The van der Waals surface area contributed by atoms with Crippen molar-refractivity contribution in [1.29, 1.82) is 0 Å². The van der Waals surface area contributed by atoms with Crippen LogP contribution in [0.5, 0.6) is 0 Å². The molecular formula is C29H32FN3O2S2. The van der Waals surface area contributed by atoms with Crippen LogP contribution in [-0.4, -0.2) is 28.8 Å². The Morgan fingerprint density at radius 3 is 2.46 bits per heavy atom. The van der Waals surface area contributed by atoms with Gasteiger partial charge in [-0.05, 0) is 92.8 Å². The minimum atomic E-state index is -0.353. The molecule has 5 atom stereocenters. The number of benzene rings is 2. The number of thiazole rings is 1. The standard InChI is InChI=1S/C29H32FN3O2S2/c1-3-32(4-2)22-13-7-17(8-14-22)24-25-18-5-6-19(15-18)26(25)36-28-27(24)37-29(35)33(28)16-23(34)31-21-11-9-20(30)10-12-21/h7-14,18-19,24-26H,3-6,15-16H2,1-2H3,(H,31,34)/t18?,19?,24-,25?,26?/m0/s1. The number of thioether (sulfide) groups is 1. The SMILES string of the molecule is CCN(CC)c1ccc([C@@H]2c3sc(=O)n(CC(=O)Nc4ccc(F)cc4)c3SC3C4CCC(C4)C32)cc1. The molecule has 1 aromatic heterocycles. The number of fused-ring (bicyclic) bond motifs is 6. The van der Waals surface area contributed by atoms with Crippen LogP contribution in [0.3, 0.4) is 0 Å². The van der Waals surface area contributed by atoms with E-state index in [1.54, 1.807) is 4.57 Å². The number of amides is 1. The number of aromatic nitrogens is 1. The smallest absolute Gasteiger partial charge is 0.308 e. The maximum absolute atomic E-state index is 13.3. The molecule has 1 N–H and O–H groups in total. The molecule has 5 nitrogen and oxygen atoms in total. The predicted molar refractivity (Wildman–Crippen MR) is 149 cm³/mol. The van der Waals surface area contributed by atoms with Crippen LogP contribution in [0, 0.1) is 23.6 Å². The molecule has 4 unspecified atom stereocenters. The van der Waals surface area contributed by atoms with E-state index in [2.05, 4.69) is 48.3 Å². The maximum atomic E-state index is 13.3. The lowest BCUT2D eigenvalue weighted by atomic mass is 9.75. The quantitative estimate of drug-likeness (QED) is 0.391. The first-order valence-corrected chi connectivity index (χ1v) is 15.0. The van der Waals surface area contributed by atoms with Gasteiger partial charge in [-0.25, -0.2) is 4.39 Å². The topological polar surface area (TPSA) is 54.3 Å². The highest BCUT2D eigenvalue weighted by Gasteiger charge is 2.55. The van der Waals surface area contributed by atoms with E-state index in [0.29, 0.717) is 28.7 Å². The second-order valence-corrected chi connectivity index (χ2v) is 12.6. The van der Waals surface area contributed by atoms with E-state index in [1.807, 2.05) is 11.8 Å². The van der Waals surface area contributed by atoms with Gasteiger partial charge >= 0.3 is 4.87 Å². The number of nitrogens with zero attached hydrogens (tertiary/aromatic N) is 2. The summed E-state index contributed by atoms with van der Waals surface area (Å²) in [4.78, 5) is 29.5. The number of nitrogens with one attached hydrogen (secondary N) is 1. The van der Waals surface area contributed by atoms with Crippen molar-refractivity contribution in [3.63, 3.8) is 0 Å². The maximum Gasteiger partial charge on any atom is 0.308 e. The molecule has 2 aliphatic carbocycles. The zero-order valence-electron chi connectivity index (χ0n) is 21.2. The molecule has 2 heterocycles. The molecule has 2 fully saturated rings. The van der Waals surface area contributed by atoms with Gasteiger partial charge in [0.25, 0.3) is 0 Å². The fourth-order valence-electron chi connectivity index (χ4n) is 6.82. The summed E-state index contributed by atoms with van der Waals surface area (Å²) in [5, 5.41) is 4.26. The first kappa shape index (κ1) is 24.7. The average molecular weight is 538 g/mol. The van der Waals surface area contributed by atoms with E-state index in [-0.39, 0.29) is 29.1 Å². The van der Waals surface area contributed by atoms with Crippen LogP contribution in [0.2, 0.25) is 0 Å². The normalized spacial score (nSPS) is 25.5. The summed E-state index contributed by atoms with van der Waals surface area (Å²) >= 11 is 3.15. The summed E-state index contributed by atoms with van der Waals surface area (Å²) in [5.41, 5.74) is 3.03. The molecule has 2 aromatic carbocycles. The molecule has 0 radical (unpaired) electrons. The Balaban J connectivity index is 1.34. The molecule has 0 saturated heterocycles. The van der Waals surface area contributed by atoms with Gasteiger partial charge in [-0.15, -0.1) is 11.8 Å². The molecule has 194 valence electrons. The second kappa shape index (κ2) is 9.95. The lowest BCUT2D eigenvalue weighted by Crippen LogP contribution is -2.35. The van der Waals surface area contributed by atoms with E-state index in [0.717, 1.165) is 23.0 Å². The van der Waals surface area contributed by atoms with E-state index < -0.39 is 0 Å². The summed E-state index contributed by atoms with van der Waals surface area (Å²) in [6, 6.07) is 14.7. The third-order valence-corrected chi connectivity index (χ3v) is 11.3. The summed E-state index contributed by atoms with van der Waals surface area (Å²) in [6.45, 7) is 6.26. The Labute approximate surface area is 225 Å². The lowest BCUT2D eigenvalue weighted by Gasteiger charge is -2.40. The first-order valence-electron chi connectivity index (χ1n) is 13.3. The lowest BCUT2D eigenvalue weighted by molar-refractivity contribution is -0.116. The molecule has 1 amide bonds. The van der Waals surface area contributed by atoms with Crippen LogP contribution < -0.4 is 15.1 Å². The van der Waals surface area contributed by atoms with Crippen molar-refractivity contribution >= 4 is 40.4 Å². The molecule has 6 rings (SSSR count). The average Bonchev–Trinajstić information content (AvgIpc) is 3.60. The molecule has 3 aromatic rings. The summed E-state index contributed by atoms with van der Waals surface area (Å²) in [5.74, 6) is 1.49. The van der Waals surface area contributed by atoms with Crippen molar-refractivity contribution in [3.05, 3.63) is 74.5 Å². The molecule has 2 saturated carbocycles. The highest BCUT2D eigenvalue weighted by molar-refractivity contribution is 8.00. The highest BCUT2D eigenvalue weighted by atomic mass is 32.2. The Morgan fingerprint density at radius 1 is 1.05 bits per heavy atom. The van der Waals surface area contributed by atoms with E-state index >= 15 is 0 Å². The fraction of sp³-hybridized carbons (Fsp3) is 0.448. The van der Waals surface area contributed by atoms with Gasteiger partial charge in [0, 0.05) is 40.5 Å². The van der Waals surface area contributed by atoms with Gasteiger partial charge in [-0.2, -0.15) is 0 Å². The van der Waals surface area contributed by atoms with E-state index in [9.17, 15) is 14.0 Å². The van der Waals surface area contributed by atoms with Crippen LogP contribution in [-0.2, 0) is 11.3 Å². The molecular weight excluding hydrogens is 505 g/mol. The van der Waals surface area contributed by atoms with Gasteiger partial charge in [0.2, 0.25) is 5.91 Å². The molecule has 37 heavy (non-hydrogen) atoms. The number of hydrogen-bond acceptors (Lipinski definition) is 5. The summed E-state index contributed by atoms with van der Waals surface area (Å²) < 4.78 is 14.9. The zero-order chi connectivity index (χ0) is 25.7. The Bertz CT molecular complexity index is 1350. The van der Waals surface area contributed by atoms with Crippen molar-refractivity contribution in [3.8, 4) is 0 Å². The highest BCUT2D eigenvalue weighted by Crippen LogP contribution is 2.64. The van der Waals surface area contributed by atoms with E-state index in [4.69, 9.17) is 0 Å². The van der Waals surface area contributed by atoms with Gasteiger partial charge in [0.15, 0.2) is 0 Å². The van der Waals surface area contributed by atoms with Crippen LogP contribution in [0.1, 0.15) is 49.5 Å². The number of hydrogen-bond donors (Lipinski definition) is 1. The fourth-order valence-corrected chi connectivity index (χ4v) is 9.97. The van der Waals surface area contributed by atoms with E-state index in [1.165, 1.54) is 66.1 Å². The second-order valence-electron chi connectivity index (χ2n) is 10.4. The van der Waals surface area contributed by atoms with Gasteiger partial charge in [-0.1, -0.05) is 23.5 Å². The first-order chi connectivity index (χ1) is 18.0. The van der Waals surface area contributed by atoms with Crippen LogP contribution in [0.15, 0.2) is 58.4 Å². The molecule has 8 heteroatoms. The summed E-state index contributed by atoms with van der Waals surface area (Å²) in [6.07, 6.45) is 3.83. The Hall–Kier alpha value is -2.58. The number of rotatable bonds is 7. The molecule has 1 aliphatic heterocycles. The van der Waals surface area contributed by atoms with Crippen molar-refractivity contribution in [1.82, 2.24) is 4.57 Å². The summed E-state index contributed by atoms with van der Waals surface area (Å²) in [7, 11) is 0. The minimum absolute atomic E-state index is 0.0336. The van der Waals surface area contributed by atoms with Crippen molar-refractivity contribution in [2.75, 3.05) is 23.3 Å². The van der Waals surface area contributed by atoms with Crippen molar-refractivity contribution in [2.45, 2.75) is 55.8 Å². The predicted octanol–water partition coefficient (Wildman–Crippen LogP) is 6.19. The Kier molecular flexibility index (Phi) is 6.65. The van der Waals surface area contributed by atoms with Gasteiger partial charge in [-0.3, -0.25) is 14.2 Å². The van der Waals surface area contributed by atoms with Crippen molar-refractivity contribution in [2.24, 2.45) is 17.8 Å². The zero-order valence-corrected chi connectivity index (χ0v) is 22.8. The number of carbonyl (C=O) groups is 1. The third kappa shape index (κ3) is 4.42. The largest absolute Gasteiger partial charge is 0.372 e. The number of anilines is 2. The van der Waals surface area contributed by atoms with Gasteiger partial charge in [0.05, 0.1) is 5.03 Å². The van der Waals surface area contributed by atoms with Crippen molar-refractivity contribution < 1.29 is 9.18 Å². The molecule has 3 aliphatic rings. The third-order valence-electron chi connectivity index (χ3n) is 8.50. The number of carbonyl (C=O) groups excluding carboxylic acids is 1. The molecule has 0 spiro atoms. The minimum Gasteiger partial charge on any atom is -0.372 e. The molecule has 2 bridgehead atoms. The van der Waals surface area contributed by atoms with Gasteiger partial charge < -0.3 is 10.2 Å². The monoisotopic (exact) mass is 537 g/mol. The van der Waals surface area contributed by atoms with Crippen LogP contribution >= 0.6 is 23.1 Å². The number of halogens is 1. The van der Waals surface area contributed by atoms with Crippen LogP contribution in [0.25, 0.3) is 0 Å². The van der Waals surface area contributed by atoms with Crippen LogP contribution in [0.4, 0.5) is 15.8 Å². The Morgan fingerprint density at radius 2 is 1.76 bits per heavy atom.